The number of nitrogens with two attached hydrogens (primary N) is 2. The molecule has 2 aliphatic rings. The molecular formula is C26H34N8O2S. The fraction of sp³-hybridized carbons (Fsp3) is 0.462. The molecule has 2 aliphatic heterocycles. The third kappa shape index (κ3) is 5.04. The predicted octanol–water partition coefficient (Wildman–Crippen LogP) is 2.16. The van der Waals surface area contributed by atoms with E-state index < -0.39 is 5.54 Å². The van der Waals surface area contributed by atoms with E-state index >= 15 is 0 Å². The van der Waals surface area contributed by atoms with Gasteiger partial charge in [-0.1, -0.05) is 12.1 Å². The summed E-state index contributed by atoms with van der Waals surface area (Å²) in [6.45, 7) is 10.8. The number of thiophene rings is 1. The van der Waals surface area contributed by atoms with Crippen molar-refractivity contribution in [3.8, 4) is 11.4 Å². The number of ether oxygens (including phenoxy) is 1. The van der Waals surface area contributed by atoms with E-state index in [1.807, 2.05) is 26.0 Å². The first-order chi connectivity index (χ1) is 17.8. The van der Waals surface area contributed by atoms with Crippen LogP contribution in [0.3, 0.4) is 0 Å². The Morgan fingerprint density at radius 2 is 1.89 bits per heavy atom. The number of anilines is 2. The van der Waals surface area contributed by atoms with Crippen molar-refractivity contribution in [2.75, 3.05) is 63.1 Å². The molecule has 10 nitrogen and oxygen atoms in total. The molecular weight excluding hydrogens is 488 g/mol. The molecule has 3 aromatic rings. The SMILES string of the molecule is CC(C)(C(N)=O)N1CCN(Cc2cc3nc(-c4cccc(N)c4C=N)nc(N4CCOCC4)c3s2)CC1. The summed E-state index contributed by atoms with van der Waals surface area (Å²) in [5, 5.41) is 7.89. The van der Waals surface area contributed by atoms with E-state index in [1.54, 1.807) is 17.4 Å². The van der Waals surface area contributed by atoms with Gasteiger partial charge in [-0.3, -0.25) is 14.6 Å². The number of amides is 1. The van der Waals surface area contributed by atoms with Crippen molar-refractivity contribution in [2.24, 2.45) is 5.73 Å². The number of primary amides is 1. The number of carbonyl (C=O) groups excluding carboxylic acids is 1. The van der Waals surface area contributed by atoms with Crippen LogP contribution < -0.4 is 16.4 Å². The molecule has 0 atom stereocenters. The van der Waals surface area contributed by atoms with Gasteiger partial charge < -0.3 is 26.5 Å². The largest absolute Gasteiger partial charge is 0.398 e. The summed E-state index contributed by atoms with van der Waals surface area (Å²) in [5.41, 5.74) is 14.0. The quantitative estimate of drug-likeness (QED) is 0.317. The number of rotatable bonds is 7. The zero-order valence-electron chi connectivity index (χ0n) is 21.4. The highest BCUT2D eigenvalue weighted by molar-refractivity contribution is 7.19. The van der Waals surface area contributed by atoms with Gasteiger partial charge in [-0.05, 0) is 26.0 Å². The van der Waals surface area contributed by atoms with Gasteiger partial charge >= 0.3 is 0 Å². The number of morpholine rings is 1. The van der Waals surface area contributed by atoms with Crippen molar-refractivity contribution in [3.05, 3.63) is 34.7 Å². The number of piperazine rings is 1. The van der Waals surface area contributed by atoms with Crippen molar-refractivity contribution in [2.45, 2.75) is 25.9 Å². The zero-order valence-corrected chi connectivity index (χ0v) is 22.2. The maximum Gasteiger partial charge on any atom is 0.237 e. The van der Waals surface area contributed by atoms with Crippen molar-refractivity contribution < 1.29 is 9.53 Å². The van der Waals surface area contributed by atoms with Crippen LogP contribution >= 0.6 is 11.3 Å². The summed E-state index contributed by atoms with van der Waals surface area (Å²) < 4.78 is 6.65. The Bertz CT molecular complexity index is 1310. The van der Waals surface area contributed by atoms with Gasteiger partial charge in [-0.2, -0.15) is 0 Å². The Balaban J connectivity index is 1.45. The van der Waals surface area contributed by atoms with Crippen LogP contribution in [0.15, 0.2) is 24.3 Å². The Morgan fingerprint density at radius 3 is 2.57 bits per heavy atom. The molecule has 0 spiro atoms. The van der Waals surface area contributed by atoms with E-state index in [0.29, 0.717) is 30.3 Å². The Morgan fingerprint density at radius 1 is 1.16 bits per heavy atom. The first-order valence-corrected chi connectivity index (χ1v) is 13.4. The van der Waals surface area contributed by atoms with Crippen LogP contribution in [0, 0.1) is 5.41 Å². The minimum Gasteiger partial charge on any atom is -0.398 e. The first kappa shape index (κ1) is 25.5. The van der Waals surface area contributed by atoms with Gasteiger partial charge in [0.2, 0.25) is 5.91 Å². The van der Waals surface area contributed by atoms with Crippen molar-refractivity contribution in [1.82, 2.24) is 19.8 Å². The van der Waals surface area contributed by atoms with E-state index in [1.165, 1.54) is 11.1 Å². The minimum atomic E-state index is -0.640. The highest BCUT2D eigenvalue weighted by Gasteiger charge is 2.34. The number of benzene rings is 1. The van der Waals surface area contributed by atoms with Crippen LogP contribution in [0.2, 0.25) is 0 Å². The van der Waals surface area contributed by atoms with Crippen molar-refractivity contribution in [3.63, 3.8) is 0 Å². The fourth-order valence-corrected chi connectivity index (χ4v) is 6.09. The number of nitrogens with zero attached hydrogens (tertiary/aromatic N) is 5. The average Bonchev–Trinajstić information content (AvgIpc) is 3.31. The lowest BCUT2D eigenvalue weighted by Crippen LogP contribution is -2.59. The maximum atomic E-state index is 11.9. The fourth-order valence-electron chi connectivity index (χ4n) is 4.93. The van der Waals surface area contributed by atoms with Gasteiger partial charge in [0.1, 0.15) is 0 Å². The second-order valence-corrected chi connectivity index (χ2v) is 11.2. The minimum absolute atomic E-state index is 0.290. The Hall–Kier alpha value is -3.12. The summed E-state index contributed by atoms with van der Waals surface area (Å²) in [6, 6.07) is 7.74. The van der Waals surface area contributed by atoms with Crippen LogP contribution in [-0.2, 0) is 16.1 Å². The van der Waals surface area contributed by atoms with Crippen molar-refractivity contribution in [1.29, 1.82) is 5.41 Å². The highest BCUT2D eigenvalue weighted by atomic mass is 32.1. The lowest BCUT2D eigenvalue weighted by Gasteiger charge is -2.42. The molecule has 0 radical (unpaired) electrons. The molecule has 37 heavy (non-hydrogen) atoms. The van der Waals surface area contributed by atoms with E-state index in [9.17, 15) is 4.79 Å². The average molecular weight is 523 g/mol. The summed E-state index contributed by atoms with van der Waals surface area (Å²) in [4.78, 5) is 29.9. The molecule has 2 fully saturated rings. The normalized spacial score (nSPS) is 17.8. The second kappa shape index (κ2) is 10.3. The number of carbonyl (C=O) groups is 1. The third-order valence-electron chi connectivity index (χ3n) is 7.39. The number of hydrogen-bond acceptors (Lipinski definition) is 10. The summed E-state index contributed by atoms with van der Waals surface area (Å²) in [7, 11) is 0. The van der Waals surface area contributed by atoms with E-state index in [4.69, 9.17) is 31.6 Å². The topological polar surface area (TPSA) is 138 Å². The standard InChI is InChI=1S/C26H34N8O2S/c1-26(2,25(29)35)34-8-6-32(7-9-34)16-17-14-21-22(37-17)24(33-10-12-36-13-11-33)31-23(30-21)18-4-3-5-20(28)19(18)15-27/h3-5,14-15,27H,6-13,16,28H2,1-2H3,(H2,29,35). The maximum absolute atomic E-state index is 11.9. The molecule has 0 aliphatic carbocycles. The molecule has 11 heteroatoms. The molecule has 0 saturated carbocycles. The lowest BCUT2D eigenvalue weighted by atomic mass is 10.0. The zero-order chi connectivity index (χ0) is 26.2. The molecule has 2 saturated heterocycles. The Labute approximate surface area is 220 Å². The van der Waals surface area contributed by atoms with Gasteiger partial charge in [-0.15, -0.1) is 11.3 Å². The monoisotopic (exact) mass is 522 g/mol. The number of nitrogen functional groups attached to an aromatic ring is 1. The van der Waals surface area contributed by atoms with E-state index in [0.717, 1.165) is 67.4 Å². The number of fused-ring (bicyclic) bond motifs is 1. The van der Waals surface area contributed by atoms with E-state index in [-0.39, 0.29) is 5.91 Å². The molecule has 4 heterocycles. The lowest BCUT2D eigenvalue weighted by molar-refractivity contribution is -0.129. The smallest absolute Gasteiger partial charge is 0.237 e. The summed E-state index contributed by atoms with van der Waals surface area (Å²) in [6.07, 6.45) is 1.27. The predicted molar refractivity (Wildman–Crippen MR) is 148 cm³/mol. The molecule has 0 bridgehead atoms. The number of hydrogen-bond donors (Lipinski definition) is 3. The van der Waals surface area contributed by atoms with Crippen LogP contribution in [-0.4, -0.2) is 89.9 Å². The summed E-state index contributed by atoms with van der Waals surface area (Å²) >= 11 is 1.73. The van der Waals surface area contributed by atoms with Crippen LogP contribution in [0.5, 0.6) is 0 Å². The molecule has 1 aromatic carbocycles. The first-order valence-electron chi connectivity index (χ1n) is 12.6. The van der Waals surface area contributed by atoms with Gasteiger partial charge in [0, 0.05) is 73.7 Å². The van der Waals surface area contributed by atoms with Crippen LogP contribution in [0.1, 0.15) is 24.3 Å². The van der Waals surface area contributed by atoms with E-state index in [2.05, 4.69) is 20.8 Å². The molecule has 5 rings (SSSR count). The van der Waals surface area contributed by atoms with Gasteiger partial charge in [-0.25, -0.2) is 9.97 Å². The highest BCUT2D eigenvalue weighted by Crippen LogP contribution is 2.36. The molecule has 5 N–H and O–H groups in total. The molecule has 2 aromatic heterocycles. The Kier molecular flexibility index (Phi) is 7.13. The van der Waals surface area contributed by atoms with Crippen LogP contribution in [0.25, 0.3) is 21.6 Å². The van der Waals surface area contributed by atoms with Gasteiger partial charge in [0.05, 0.1) is 29.0 Å². The number of aromatic nitrogens is 2. The molecule has 196 valence electrons. The summed E-state index contributed by atoms with van der Waals surface area (Å²) in [5.74, 6) is 1.19. The van der Waals surface area contributed by atoms with Crippen LogP contribution in [0.4, 0.5) is 11.5 Å². The second-order valence-electron chi connectivity index (χ2n) is 10.0. The van der Waals surface area contributed by atoms with Crippen molar-refractivity contribution >= 4 is 45.2 Å². The van der Waals surface area contributed by atoms with Gasteiger partial charge in [0.15, 0.2) is 11.6 Å². The molecule has 1 amide bonds. The third-order valence-corrected chi connectivity index (χ3v) is 8.49. The number of nitrogens with one attached hydrogen (secondary N) is 1. The molecule has 0 unspecified atom stereocenters. The van der Waals surface area contributed by atoms with Gasteiger partial charge in [0.25, 0.3) is 0 Å².